The lowest BCUT2D eigenvalue weighted by Gasteiger charge is -2.20. The van der Waals surface area contributed by atoms with Crippen LogP contribution >= 0.6 is 0 Å². The SMILES string of the molecule is O=C(c1ccccc1)N1CCc2cc3c(cc21)CCN3C(=O)c1ccccc1. The van der Waals surface area contributed by atoms with E-state index in [1.807, 2.05) is 70.5 Å². The summed E-state index contributed by atoms with van der Waals surface area (Å²) in [6, 6.07) is 23.0. The Bertz CT molecular complexity index is 973. The molecule has 0 aliphatic carbocycles. The molecule has 0 bridgehead atoms. The van der Waals surface area contributed by atoms with Crippen LogP contribution in [0.5, 0.6) is 0 Å². The van der Waals surface area contributed by atoms with Gasteiger partial charge in [-0.15, -0.1) is 0 Å². The Morgan fingerprint density at radius 3 is 1.39 bits per heavy atom. The van der Waals surface area contributed by atoms with Crippen LogP contribution in [0.1, 0.15) is 31.8 Å². The first-order valence-corrected chi connectivity index (χ1v) is 9.62. The van der Waals surface area contributed by atoms with Crippen molar-refractivity contribution in [3.05, 3.63) is 95.1 Å². The van der Waals surface area contributed by atoms with Crippen molar-refractivity contribution in [2.24, 2.45) is 0 Å². The molecule has 0 saturated heterocycles. The van der Waals surface area contributed by atoms with E-state index in [1.54, 1.807) is 0 Å². The summed E-state index contributed by atoms with van der Waals surface area (Å²) >= 11 is 0. The molecular weight excluding hydrogens is 348 g/mol. The number of anilines is 2. The molecule has 5 rings (SSSR count). The van der Waals surface area contributed by atoms with Gasteiger partial charge in [0.2, 0.25) is 0 Å². The van der Waals surface area contributed by atoms with Crippen molar-refractivity contribution in [2.45, 2.75) is 12.8 Å². The molecule has 0 aromatic heterocycles. The summed E-state index contributed by atoms with van der Waals surface area (Å²) < 4.78 is 0. The van der Waals surface area contributed by atoms with Crippen LogP contribution < -0.4 is 9.80 Å². The molecule has 2 aliphatic rings. The van der Waals surface area contributed by atoms with Crippen LogP contribution in [0.3, 0.4) is 0 Å². The highest BCUT2D eigenvalue weighted by Gasteiger charge is 2.31. The van der Waals surface area contributed by atoms with Gasteiger partial charge in [-0.3, -0.25) is 9.59 Å². The van der Waals surface area contributed by atoms with Crippen molar-refractivity contribution in [3.8, 4) is 0 Å². The first-order valence-electron chi connectivity index (χ1n) is 9.62. The average molecular weight is 368 g/mol. The van der Waals surface area contributed by atoms with Gasteiger partial charge in [-0.1, -0.05) is 36.4 Å². The maximum absolute atomic E-state index is 12.9. The highest BCUT2D eigenvalue weighted by atomic mass is 16.2. The first kappa shape index (κ1) is 16.8. The third kappa shape index (κ3) is 2.69. The van der Waals surface area contributed by atoms with Gasteiger partial charge in [-0.25, -0.2) is 0 Å². The number of amides is 2. The number of benzene rings is 3. The predicted molar refractivity (Wildman–Crippen MR) is 110 cm³/mol. The molecule has 2 aliphatic heterocycles. The second-order valence-corrected chi connectivity index (χ2v) is 7.26. The normalized spacial score (nSPS) is 14.7. The van der Waals surface area contributed by atoms with Gasteiger partial charge in [0.05, 0.1) is 0 Å². The monoisotopic (exact) mass is 368 g/mol. The molecule has 0 saturated carbocycles. The van der Waals surface area contributed by atoms with E-state index in [0.717, 1.165) is 35.3 Å². The fourth-order valence-corrected chi connectivity index (χ4v) is 4.17. The highest BCUT2D eigenvalue weighted by molar-refractivity contribution is 6.09. The molecular formula is C24H20N2O2. The van der Waals surface area contributed by atoms with Gasteiger partial charge in [-0.05, 0) is 60.4 Å². The minimum absolute atomic E-state index is 0.0366. The molecule has 0 fully saturated rings. The summed E-state index contributed by atoms with van der Waals surface area (Å²) in [6.45, 7) is 1.36. The molecule has 0 atom stereocenters. The van der Waals surface area contributed by atoms with E-state index < -0.39 is 0 Å². The Morgan fingerprint density at radius 1 is 0.607 bits per heavy atom. The number of carbonyl (C=O) groups is 2. The zero-order chi connectivity index (χ0) is 19.1. The van der Waals surface area contributed by atoms with E-state index in [4.69, 9.17) is 0 Å². The number of hydrogen-bond acceptors (Lipinski definition) is 2. The summed E-state index contributed by atoms with van der Waals surface area (Å²) in [5.74, 6) is 0.0732. The van der Waals surface area contributed by atoms with Crippen molar-refractivity contribution in [1.29, 1.82) is 0 Å². The molecule has 0 N–H and O–H groups in total. The zero-order valence-electron chi connectivity index (χ0n) is 15.5. The number of fused-ring (bicyclic) bond motifs is 2. The summed E-state index contributed by atoms with van der Waals surface area (Å²) in [5.41, 5.74) is 5.66. The quantitative estimate of drug-likeness (QED) is 0.683. The van der Waals surface area contributed by atoms with Gasteiger partial charge in [-0.2, -0.15) is 0 Å². The van der Waals surface area contributed by atoms with Crippen molar-refractivity contribution in [2.75, 3.05) is 22.9 Å². The third-order valence-corrected chi connectivity index (χ3v) is 5.60. The Kier molecular flexibility index (Phi) is 3.97. The number of hydrogen-bond donors (Lipinski definition) is 0. The number of nitrogens with zero attached hydrogens (tertiary/aromatic N) is 2. The second kappa shape index (κ2) is 6.64. The Labute approximate surface area is 164 Å². The zero-order valence-corrected chi connectivity index (χ0v) is 15.5. The smallest absolute Gasteiger partial charge is 0.258 e. The molecule has 4 heteroatoms. The minimum atomic E-state index is 0.0366. The van der Waals surface area contributed by atoms with E-state index in [1.165, 1.54) is 0 Å². The fraction of sp³-hybridized carbons (Fsp3) is 0.167. The topological polar surface area (TPSA) is 40.6 Å². The molecule has 4 nitrogen and oxygen atoms in total. The molecule has 3 aromatic carbocycles. The highest BCUT2D eigenvalue weighted by Crippen LogP contribution is 2.39. The van der Waals surface area contributed by atoms with Gasteiger partial charge in [0.25, 0.3) is 11.8 Å². The maximum Gasteiger partial charge on any atom is 0.258 e. The first-order chi connectivity index (χ1) is 13.7. The summed E-state index contributed by atoms with van der Waals surface area (Å²) in [4.78, 5) is 29.6. The fourth-order valence-electron chi connectivity index (χ4n) is 4.17. The van der Waals surface area contributed by atoms with Crippen LogP contribution in [-0.2, 0) is 12.8 Å². The lowest BCUT2D eigenvalue weighted by Crippen LogP contribution is -2.29. The summed E-state index contributed by atoms with van der Waals surface area (Å²) in [7, 11) is 0. The van der Waals surface area contributed by atoms with E-state index >= 15 is 0 Å². The number of rotatable bonds is 2. The predicted octanol–water partition coefficient (Wildman–Crippen LogP) is 4.09. The van der Waals surface area contributed by atoms with Crippen LogP contribution in [0, 0.1) is 0 Å². The largest absolute Gasteiger partial charge is 0.308 e. The molecule has 28 heavy (non-hydrogen) atoms. The molecule has 2 heterocycles. The van der Waals surface area contributed by atoms with Gasteiger partial charge < -0.3 is 9.80 Å². The lowest BCUT2D eigenvalue weighted by molar-refractivity contribution is 0.0981. The lowest BCUT2D eigenvalue weighted by atomic mass is 10.1. The van der Waals surface area contributed by atoms with E-state index in [9.17, 15) is 9.59 Å². The van der Waals surface area contributed by atoms with Gasteiger partial charge >= 0.3 is 0 Å². The van der Waals surface area contributed by atoms with Crippen molar-refractivity contribution >= 4 is 23.2 Å². The minimum Gasteiger partial charge on any atom is -0.308 e. The van der Waals surface area contributed by atoms with E-state index in [2.05, 4.69) is 12.1 Å². The van der Waals surface area contributed by atoms with Crippen molar-refractivity contribution in [1.82, 2.24) is 0 Å². The van der Waals surface area contributed by atoms with Crippen LogP contribution in [0.4, 0.5) is 11.4 Å². The van der Waals surface area contributed by atoms with E-state index in [-0.39, 0.29) is 11.8 Å². The molecule has 2 amide bonds. The van der Waals surface area contributed by atoms with Crippen LogP contribution in [0.2, 0.25) is 0 Å². The average Bonchev–Trinajstić information content (AvgIpc) is 3.36. The second-order valence-electron chi connectivity index (χ2n) is 7.26. The number of carbonyl (C=O) groups excluding carboxylic acids is 2. The van der Waals surface area contributed by atoms with Crippen molar-refractivity contribution < 1.29 is 9.59 Å². The molecule has 0 spiro atoms. The van der Waals surface area contributed by atoms with Gasteiger partial charge in [0.15, 0.2) is 0 Å². The summed E-state index contributed by atoms with van der Waals surface area (Å²) in [5, 5.41) is 0. The van der Waals surface area contributed by atoms with Crippen LogP contribution in [0.15, 0.2) is 72.8 Å². The Morgan fingerprint density at radius 2 is 1.00 bits per heavy atom. The van der Waals surface area contributed by atoms with Crippen LogP contribution in [-0.4, -0.2) is 24.9 Å². The summed E-state index contributed by atoms with van der Waals surface area (Å²) in [6.07, 6.45) is 1.63. The molecule has 3 aromatic rings. The third-order valence-electron chi connectivity index (χ3n) is 5.60. The molecule has 138 valence electrons. The standard InChI is InChI=1S/C24H20N2O2/c27-23(17-7-3-1-4-8-17)25-13-11-19-16-22-20(15-21(19)25)12-14-26(22)24(28)18-9-5-2-6-10-18/h1-10,15-16H,11-14H2. The molecule has 0 radical (unpaired) electrons. The molecule has 0 unspecified atom stereocenters. The van der Waals surface area contributed by atoms with Crippen LogP contribution in [0.25, 0.3) is 0 Å². The van der Waals surface area contributed by atoms with E-state index in [0.29, 0.717) is 24.2 Å². The maximum atomic E-state index is 12.9. The van der Waals surface area contributed by atoms with Crippen molar-refractivity contribution in [3.63, 3.8) is 0 Å². The Hall–Kier alpha value is -3.40. The Balaban J connectivity index is 1.47. The van der Waals surface area contributed by atoms with Gasteiger partial charge in [0, 0.05) is 35.6 Å². The van der Waals surface area contributed by atoms with Gasteiger partial charge in [0.1, 0.15) is 0 Å².